The minimum atomic E-state index is -0.0772. The van der Waals surface area contributed by atoms with Gasteiger partial charge in [-0.25, -0.2) is 4.79 Å². The molecule has 1 unspecified atom stereocenters. The van der Waals surface area contributed by atoms with Crippen molar-refractivity contribution in [2.24, 2.45) is 0 Å². The minimum absolute atomic E-state index is 0.0772. The van der Waals surface area contributed by atoms with Crippen LogP contribution in [0.4, 0.5) is 10.5 Å². The quantitative estimate of drug-likeness (QED) is 0.527. The van der Waals surface area contributed by atoms with E-state index in [1.54, 1.807) is 7.11 Å². The van der Waals surface area contributed by atoms with Crippen LogP contribution in [0.5, 0.6) is 5.75 Å². The van der Waals surface area contributed by atoms with Crippen molar-refractivity contribution in [2.75, 3.05) is 70.9 Å². The Morgan fingerprint density at radius 2 is 1.62 bits per heavy atom. The predicted octanol–water partition coefficient (Wildman–Crippen LogP) is 3.34. The molecule has 0 aromatic heterocycles. The standard InChI is InChI=1S/C27H39N5O2/c1-34-25-12-10-23(11-13-25)26(32-16-5-6-17-32)22-29-27(33)28-14-7-15-30-18-20-31(21-19-30)24-8-3-2-4-9-24/h2-4,8-13,26H,5-7,14-22H2,1H3,(H2,28,29,33). The first-order chi connectivity index (χ1) is 16.7. The normalized spacial score (nSPS) is 18.0. The number of methoxy groups -OCH3 is 1. The number of ether oxygens (including phenoxy) is 1. The number of para-hydroxylation sites is 1. The number of rotatable bonds is 10. The molecular weight excluding hydrogens is 426 g/mol. The molecule has 1 atom stereocenters. The number of carbonyl (C=O) groups is 1. The van der Waals surface area contributed by atoms with Crippen LogP contribution in [0.3, 0.4) is 0 Å². The highest BCUT2D eigenvalue weighted by Gasteiger charge is 2.24. The highest BCUT2D eigenvalue weighted by Crippen LogP contribution is 2.26. The van der Waals surface area contributed by atoms with Crippen LogP contribution in [0.2, 0.25) is 0 Å². The number of hydrogen-bond donors (Lipinski definition) is 2. The van der Waals surface area contributed by atoms with Gasteiger partial charge in [0.05, 0.1) is 13.2 Å². The van der Waals surface area contributed by atoms with Crippen LogP contribution in [-0.2, 0) is 0 Å². The minimum Gasteiger partial charge on any atom is -0.497 e. The fourth-order valence-corrected chi connectivity index (χ4v) is 4.96. The van der Waals surface area contributed by atoms with E-state index in [9.17, 15) is 4.79 Å². The molecule has 7 nitrogen and oxygen atoms in total. The van der Waals surface area contributed by atoms with Crippen molar-refractivity contribution in [3.8, 4) is 5.75 Å². The molecule has 2 aromatic rings. The van der Waals surface area contributed by atoms with E-state index in [0.717, 1.165) is 58.0 Å². The molecule has 7 heteroatoms. The molecule has 0 spiro atoms. The summed E-state index contributed by atoms with van der Waals surface area (Å²) in [6, 6.07) is 19.0. The number of piperazine rings is 1. The van der Waals surface area contributed by atoms with Gasteiger partial charge < -0.3 is 20.3 Å². The third-order valence-corrected chi connectivity index (χ3v) is 6.97. The molecule has 2 aromatic carbocycles. The van der Waals surface area contributed by atoms with Crippen LogP contribution in [0.15, 0.2) is 54.6 Å². The summed E-state index contributed by atoms with van der Waals surface area (Å²) in [7, 11) is 1.68. The van der Waals surface area contributed by atoms with Crippen molar-refractivity contribution in [3.63, 3.8) is 0 Å². The maximum atomic E-state index is 12.5. The zero-order valence-corrected chi connectivity index (χ0v) is 20.4. The Balaban J connectivity index is 1.15. The average Bonchev–Trinajstić information content (AvgIpc) is 3.43. The van der Waals surface area contributed by atoms with Gasteiger partial charge in [-0.1, -0.05) is 30.3 Å². The van der Waals surface area contributed by atoms with Crippen LogP contribution >= 0.6 is 0 Å². The summed E-state index contributed by atoms with van der Waals surface area (Å²) in [6.45, 7) is 8.74. The lowest BCUT2D eigenvalue weighted by molar-refractivity contribution is 0.219. The molecule has 4 rings (SSSR count). The third-order valence-electron chi connectivity index (χ3n) is 6.97. The van der Waals surface area contributed by atoms with Gasteiger partial charge in [-0.3, -0.25) is 9.80 Å². The fourth-order valence-electron chi connectivity index (χ4n) is 4.96. The van der Waals surface area contributed by atoms with Gasteiger partial charge in [0.1, 0.15) is 5.75 Å². The summed E-state index contributed by atoms with van der Waals surface area (Å²) in [4.78, 5) is 19.9. The smallest absolute Gasteiger partial charge is 0.314 e. The maximum Gasteiger partial charge on any atom is 0.314 e. The summed E-state index contributed by atoms with van der Waals surface area (Å²) in [5.74, 6) is 0.858. The van der Waals surface area contributed by atoms with Gasteiger partial charge in [0.2, 0.25) is 0 Å². The van der Waals surface area contributed by atoms with Gasteiger partial charge in [0.25, 0.3) is 0 Å². The van der Waals surface area contributed by atoms with Crippen LogP contribution in [0.1, 0.15) is 30.9 Å². The largest absolute Gasteiger partial charge is 0.497 e. The number of benzene rings is 2. The first-order valence-electron chi connectivity index (χ1n) is 12.6. The Labute approximate surface area is 204 Å². The van der Waals surface area contributed by atoms with Crippen molar-refractivity contribution in [2.45, 2.75) is 25.3 Å². The molecule has 34 heavy (non-hydrogen) atoms. The van der Waals surface area contributed by atoms with E-state index in [1.807, 2.05) is 12.1 Å². The lowest BCUT2D eigenvalue weighted by Gasteiger charge is -2.36. The number of anilines is 1. The second-order valence-electron chi connectivity index (χ2n) is 9.19. The van der Waals surface area contributed by atoms with Gasteiger partial charge in [0.15, 0.2) is 0 Å². The second-order valence-corrected chi connectivity index (χ2v) is 9.19. The second kappa shape index (κ2) is 12.6. The summed E-state index contributed by atoms with van der Waals surface area (Å²) in [6.07, 6.45) is 3.41. The van der Waals surface area contributed by atoms with E-state index in [2.05, 4.69) is 67.8 Å². The third kappa shape index (κ3) is 6.87. The molecule has 2 fully saturated rings. The van der Waals surface area contributed by atoms with E-state index in [4.69, 9.17) is 4.74 Å². The van der Waals surface area contributed by atoms with Crippen LogP contribution in [-0.4, -0.2) is 81.8 Å². The average molecular weight is 466 g/mol. The molecule has 2 N–H and O–H groups in total. The van der Waals surface area contributed by atoms with Gasteiger partial charge in [0, 0.05) is 45.0 Å². The van der Waals surface area contributed by atoms with Crippen molar-refractivity contribution in [1.82, 2.24) is 20.4 Å². The Bertz CT molecular complexity index is 862. The highest BCUT2D eigenvalue weighted by atomic mass is 16.5. The van der Waals surface area contributed by atoms with Gasteiger partial charge >= 0.3 is 6.03 Å². The number of carbonyl (C=O) groups excluding carboxylic acids is 1. The molecule has 0 bridgehead atoms. The lowest BCUT2D eigenvalue weighted by atomic mass is 10.1. The summed E-state index contributed by atoms with van der Waals surface area (Å²) >= 11 is 0. The first kappa shape index (κ1) is 24.4. The number of nitrogens with zero attached hydrogens (tertiary/aromatic N) is 3. The number of hydrogen-bond acceptors (Lipinski definition) is 5. The zero-order chi connectivity index (χ0) is 23.6. The number of urea groups is 1. The molecule has 0 saturated carbocycles. The lowest BCUT2D eigenvalue weighted by Crippen LogP contribution is -2.47. The Kier molecular flexibility index (Phi) is 9.04. The molecular formula is C27H39N5O2. The van der Waals surface area contributed by atoms with Crippen molar-refractivity contribution in [3.05, 3.63) is 60.2 Å². The fraction of sp³-hybridized carbons (Fsp3) is 0.519. The zero-order valence-electron chi connectivity index (χ0n) is 20.4. The molecule has 0 radical (unpaired) electrons. The van der Waals surface area contributed by atoms with Crippen molar-refractivity contribution >= 4 is 11.7 Å². The van der Waals surface area contributed by atoms with Gasteiger partial charge in [-0.2, -0.15) is 0 Å². The number of amides is 2. The Morgan fingerprint density at radius 3 is 2.29 bits per heavy atom. The van der Waals surface area contributed by atoms with Crippen molar-refractivity contribution in [1.29, 1.82) is 0 Å². The summed E-state index contributed by atoms with van der Waals surface area (Å²) < 4.78 is 5.30. The summed E-state index contributed by atoms with van der Waals surface area (Å²) in [5, 5.41) is 6.15. The predicted molar refractivity (Wildman–Crippen MR) is 138 cm³/mol. The molecule has 2 aliphatic heterocycles. The van der Waals surface area contributed by atoms with Crippen molar-refractivity contribution < 1.29 is 9.53 Å². The highest BCUT2D eigenvalue weighted by molar-refractivity contribution is 5.73. The van der Waals surface area contributed by atoms with Gasteiger partial charge in [-0.15, -0.1) is 0 Å². The molecule has 0 aliphatic carbocycles. The summed E-state index contributed by atoms with van der Waals surface area (Å²) in [5.41, 5.74) is 2.53. The maximum absolute atomic E-state index is 12.5. The monoisotopic (exact) mass is 465 g/mol. The first-order valence-corrected chi connectivity index (χ1v) is 12.6. The Morgan fingerprint density at radius 1 is 0.912 bits per heavy atom. The van der Waals surface area contributed by atoms with E-state index in [-0.39, 0.29) is 12.1 Å². The van der Waals surface area contributed by atoms with Crippen LogP contribution in [0.25, 0.3) is 0 Å². The van der Waals surface area contributed by atoms with E-state index >= 15 is 0 Å². The molecule has 2 heterocycles. The van der Waals surface area contributed by atoms with E-state index in [0.29, 0.717) is 13.1 Å². The molecule has 2 amide bonds. The Hall–Kier alpha value is -2.77. The van der Waals surface area contributed by atoms with E-state index < -0.39 is 0 Å². The van der Waals surface area contributed by atoms with Crippen LogP contribution in [0, 0.1) is 0 Å². The molecule has 184 valence electrons. The molecule has 2 saturated heterocycles. The van der Waals surface area contributed by atoms with Gasteiger partial charge in [-0.05, 0) is 68.7 Å². The molecule has 2 aliphatic rings. The number of likely N-dealkylation sites (tertiary alicyclic amines) is 1. The van der Waals surface area contributed by atoms with E-state index in [1.165, 1.54) is 24.1 Å². The topological polar surface area (TPSA) is 60.1 Å². The number of nitrogens with one attached hydrogen (secondary N) is 2. The van der Waals surface area contributed by atoms with Crippen LogP contribution < -0.4 is 20.3 Å². The SMILES string of the molecule is COc1ccc(C(CNC(=O)NCCCN2CCN(c3ccccc3)CC2)N2CCCC2)cc1.